The maximum Gasteiger partial charge on any atom is 0.130 e. The SMILES string of the molecule is CC[C@H](CO)NC(C)c1c(F)cccc1F. The second kappa shape index (κ2) is 5.92. The Bertz CT molecular complexity index is 320. The lowest BCUT2D eigenvalue weighted by atomic mass is 10.1. The van der Waals surface area contributed by atoms with Gasteiger partial charge in [-0.15, -0.1) is 0 Å². The van der Waals surface area contributed by atoms with Gasteiger partial charge in [-0.3, -0.25) is 0 Å². The van der Waals surface area contributed by atoms with Crippen LogP contribution in [0.5, 0.6) is 0 Å². The molecule has 90 valence electrons. The van der Waals surface area contributed by atoms with E-state index in [0.717, 1.165) is 0 Å². The van der Waals surface area contributed by atoms with Crippen molar-refractivity contribution in [2.24, 2.45) is 0 Å². The summed E-state index contributed by atoms with van der Waals surface area (Å²) in [4.78, 5) is 0. The van der Waals surface area contributed by atoms with Crippen LogP contribution >= 0.6 is 0 Å². The lowest BCUT2D eigenvalue weighted by Crippen LogP contribution is -2.34. The summed E-state index contributed by atoms with van der Waals surface area (Å²) in [6.45, 7) is 3.54. The molecule has 2 atom stereocenters. The van der Waals surface area contributed by atoms with Gasteiger partial charge >= 0.3 is 0 Å². The Morgan fingerprint density at radius 3 is 2.31 bits per heavy atom. The molecule has 1 unspecified atom stereocenters. The summed E-state index contributed by atoms with van der Waals surface area (Å²) in [5.41, 5.74) is 0.0226. The third kappa shape index (κ3) is 3.00. The van der Waals surface area contributed by atoms with E-state index in [-0.39, 0.29) is 18.2 Å². The second-order valence-electron chi connectivity index (χ2n) is 3.81. The standard InChI is InChI=1S/C12H17F2NO/c1-3-9(7-16)15-8(2)12-10(13)5-4-6-11(12)14/h4-6,8-9,15-16H,3,7H2,1-2H3/t8?,9-/m1/s1. The van der Waals surface area contributed by atoms with Gasteiger partial charge in [0.25, 0.3) is 0 Å². The number of hydrogen-bond donors (Lipinski definition) is 2. The van der Waals surface area contributed by atoms with E-state index in [4.69, 9.17) is 5.11 Å². The zero-order chi connectivity index (χ0) is 12.1. The van der Waals surface area contributed by atoms with Crippen molar-refractivity contribution < 1.29 is 13.9 Å². The van der Waals surface area contributed by atoms with Crippen LogP contribution in [-0.4, -0.2) is 17.8 Å². The topological polar surface area (TPSA) is 32.3 Å². The molecule has 0 spiro atoms. The summed E-state index contributed by atoms with van der Waals surface area (Å²) in [5.74, 6) is -1.12. The zero-order valence-electron chi connectivity index (χ0n) is 9.50. The molecule has 0 amide bonds. The summed E-state index contributed by atoms with van der Waals surface area (Å²) in [6.07, 6.45) is 0.705. The van der Waals surface area contributed by atoms with Crippen LogP contribution in [0.3, 0.4) is 0 Å². The van der Waals surface area contributed by atoms with Crippen molar-refractivity contribution in [2.45, 2.75) is 32.4 Å². The molecule has 2 nitrogen and oxygen atoms in total. The Balaban J connectivity index is 2.83. The number of nitrogens with one attached hydrogen (secondary N) is 1. The van der Waals surface area contributed by atoms with Gasteiger partial charge in [0, 0.05) is 17.6 Å². The number of halogens is 2. The van der Waals surface area contributed by atoms with Crippen LogP contribution in [0.1, 0.15) is 31.9 Å². The van der Waals surface area contributed by atoms with Crippen LogP contribution in [0.25, 0.3) is 0 Å². The molecule has 0 aliphatic carbocycles. The molecule has 0 aliphatic heterocycles. The van der Waals surface area contributed by atoms with Crippen LogP contribution in [0.4, 0.5) is 8.78 Å². The van der Waals surface area contributed by atoms with Crippen molar-refractivity contribution in [3.8, 4) is 0 Å². The Morgan fingerprint density at radius 1 is 1.31 bits per heavy atom. The highest BCUT2D eigenvalue weighted by Gasteiger charge is 2.17. The third-order valence-corrected chi connectivity index (χ3v) is 2.63. The van der Waals surface area contributed by atoms with E-state index in [2.05, 4.69) is 5.32 Å². The minimum Gasteiger partial charge on any atom is -0.395 e. The first-order chi connectivity index (χ1) is 7.60. The van der Waals surface area contributed by atoms with Gasteiger partial charge in [0.15, 0.2) is 0 Å². The number of aliphatic hydroxyl groups excluding tert-OH is 1. The summed E-state index contributed by atoms with van der Waals surface area (Å²) < 4.78 is 26.8. The van der Waals surface area contributed by atoms with Crippen molar-refractivity contribution >= 4 is 0 Å². The molecule has 2 N–H and O–H groups in total. The molecule has 1 aromatic carbocycles. The number of hydrogen-bond acceptors (Lipinski definition) is 2. The van der Waals surface area contributed by atoms with Crippen molar-refractivity contribution in [3.05, 3.63) is 35.4 Å². The van der Waals surface area contributed by atoms with Crippen molar-refractivity contribution in [3.63, 3.8) is 0 Å². The fourth-order valence-electron chi connectivity index (χ4n) is 1.66. The molecule has 0 saturated heterocycles. The minimum absolute atomic E-state index is 0.0226. The molecule has 0 heterocycles. The molecular weight excluding hydrogens is 212 g/mol. The normalized spacial score (nSPS) is 14.8. The molecule has 0 aromatic heterocycles. The van der Waals surface area contributed by atoms with Crippen LogP contribution in [-0.2, 0) is 0 Å². The van der Waals surface area contributed by atoms with Crippen molar-refractivity contribution in [2.75, 3.05) is 6.61 Å². The summed E-state index contributed by atoms with van der Waals surface area (Å²) in [5, 5.41) is 12.0. The maximum atomic E-state index is 13.4. The van der Waals surface area contributed by atoms with Gasteiger partial charge in [-0.1, -0.05) is 13.0 Å². The molecule has 1 rings (SSSR count). The quantitative estimate of drug-likeness (QED) is 0.812. The molecular formula is C12H17F2NO. The largest absolute Gasteiger partial charge is 0.395 e. The highest BCUT2D eigenvalue weighted by Crippen LogP contribution is 2.20. The highest BCUT2D eigenvalue weighted by molar-refractivity contribution is 5.22. The molecule has 0 fully saturated rings. The van der Waals surface area contributed by atoms with E-state index in [0.29, 0.717) is 6.42 Å². The monoisotopic (exact) mass is 229 g/mol. The fraction of sp³-hybridized carbons (Fsp3) is 0.500. The first-order valence-corrected chi connectivity index (χ1v) is 5.41. The third-order valence-electron chi connectivity index (χ3n) is 2.63. The first kappa shape index (κ1) is 13.1. The highest BCUT2D eigenvalue weighted by atomic mass is 19.1. The van der Waals surface area contributed by atoms with Gasteiger partial charge in [0.1, 0.15) is 11.6 Å². The molecule has 0 bridgehead atoms. The number of benzene rings is 1. The van der Waals surface area contributed by atoms with E-state index >= 15 is 0 Å². The Morgan fingerprint density at radius 2 is 1.88 bits per heavy atom. The van der Waals surface area contributed by atoms with Gasteiger partial charge < -0.3 is 10.4 Å². The fourth-order valence-corrected chi connectivity index (χ4v) is 1.66. The Labute approximate surface area is 94.3 Å². The molecule has 16 heavy (non-hydrogen) atoms. The van der Waals surface area contributed by atoms with Gasteiger partial charge in [-0.05, 0) is 25.5 Å². The Kier molecular flexibility index (Phi) is 4.83. The summed E-state index contributed by atoms with van der Waals surface area (Å²) in [6, 6.07) is 3.20. The lowest BCUT2D eigenvalue weighted by Gasteiger charge is -2.21. The van der Waals surface area contributed by atoms with Crippen LogP contribution < -0.4 is 5.32 Å². The van der Waals surface area contributed by atoms with Gasteiger partial charge in [0.05, 0.1) is 6.61 Å². The summed E-state index contributed by atoms with van der Waals surface area (Å²) in [7, 11) is 0. The number of rotatable bonds is 5. The molecule has 0 saturated carbocycles. The van der Waals surface area contributed by atoms with E-state index in [1.54, 1.807) is 6.92 Å². The van der Waals surface area contributed by atoms with E-state index in [1.165, 1.54) is 18.2 Å². The molecule has 4 heteroatoms. The van der Waals surface area contributed by atoms with Crippen LogP contribution in [0.15, 0.2) is 18.2 Å². The van der Waals surface area contributed by atoms with E-state index in [1.807, 2.05) is 6.92 Å². The maximum absolute atomic E-state index is 13.4. The minimum atomic E-state index is -0.562. The lowest BCUT2D eigenvalue weighted by molar-refractivity contribution is 0.228. The average molecular weight is 229 g/mol. The van der Waals surface area contributed by atoms with Gasteiger partial charge in [-0.2, -0.15) is 0 Å². The second-order valence-corrected chi connectivity index (χ2v) is 3.81. The molecule has 0 aliphatic rings. The Hall–Kier alpha value is -1.00. The van der Waals surface area contributed by atoms with Crippen molar-refractivity contribution in [1.82, 2.24) is 5.32 Å². The van der Waals surface area contributed by atoms with Crippen molar-refractivity contribution in [1.29, 1.82) is 0 Å². The molecule has 0 radical (unpaired) electrons. The summed E-state index contributed by atoms with van der Waals surface area (Å²) >= 11 is 0. The van der Waals surface area contributed by atoms with Gasteiger partial charge in [0.2, 0.25) is 0 Å². The number of aliphatic hydroxyl groups is 1. The predicted octanol–water partition coefficient (Wildman–Crippen LogP) is 2.39. The van der Waals surface area contributed by atoms with Gasteiger partial charge in [-0.25, -0.2) is 8.78 Å². The smallest absolute Gasteiger partial charge is 0.130 e. The molecule has 1 aromatic rings. The first-order valence-electron chi connectivity index (χ1n) is 5.41. The van der Waals surface area contributed by atoms with E-state index in [9.17, 15) is 8.78 Å². The van der Waals surface area contributed by atoms with Crippen LogP contribution in [0.2, 0.25) is 0 Å². The van der Waals surface area contributed by atoms with E-state index < -0.39 is 17.7 Å². The predicted molar refractivity (Wildman–Crippen MR) is 59.1 cm³/mol. The average Bonchev–Trinajstić information content (AvgIpc) is 2.25. The zero-order valence-corrected chi connectivity index (χ0v) is 9.50. The van der Waals surface area contributed by atoms with Crippen LogP contribution in [0, 0.1) is 11.6 Å².